The number of aryl methyl sites for hydroxylation is 2. The molecule has 1 N–H and O–H groups in total. The van der Waals surface area contributed by atoms with Crippen LogP contribution in [0, 0.1) is 13.8 Å². The fourth-order valence-electron chi connectivity index (χ4n) is 3.82. The van der Waals surface area contributed by atoms with E-state index in [9.17, 15) is 18.0 Å². The average molecular weight is 577 g/mol. The van der Waals surface area contributed by atoms with Gasteiger partial charge in [0.1, 0.15) is 12.6 Å². The maximum Gasteiger partial charge on any atom is 0.264 e. The summed E-state index contributed by atoms with van der Waals surface area (Å²) in [6, 6.07) is 17.4. The molecule has 3 rings (SSSR count). The molecule has 7 nitrogen and oxygen atoms in total. The van der Waals surface area contributed by atoms with E-state index in [2.05, 4.69) is 5.32 Å². The Bertz CT molecular complexity index is 1390. The van der Waals surface area contributed by atoms with Crippen molar-refractivity contribution in [2.45, 2.75) is 45.2 Å². The van der Waals surface area contributed by atoms with E-state index in [1.54, 1.807) is 26.0 Å². The second kappa shape index (κ2) is 12.7. The van der Waals surface area contributed by atoms with Crippen LogP contribution in [0.1, 0.15) is 30.5 Å². The van der Waals surface area contributed by atoms with Crippen LogP contribution in [0.25, 0.3) is 0 Å². The van der Waals surface area contributed by atoms with Crippen molar-refractivity contribution < 1.29 is 18.0 Å². The molecule has 0 heterocycles. The Morgan fingerprint density at radius 3 is 2.08 bits per heavy atom. The first kappa shape index (κ1) is 29.5. The van der Waals surface area contributed by atoms with Gasteiger partial charge in [-0.05, 0) is 63.6 Å². The molecule has 0 fully saturated rings. The number of carbonyl (C=O) groups excluding carboxylic acids is 2. The number of sulfonamides is 1. The van der Waals surface area contributed by atoms with Gasteiger partial charge in [0.15, 0.2) is 0 Å². The third-order valence-electron chi connectivity index (χ3n) is 6.06. The first-order chi connectivity index (χ1) is 17.9. The smallest absolute Gasteiger partial charge is 0.264 e. The van der Waals surface area contributed by atoms with Gasteiger partial charge in [-0.25, -0.2) is 8.42 Å². The number of carbonyl (C=O) groups is 2. The van der Waals surface area contributed by atoms with E-state index < -0.39 is 28.5 Å². The van der Waals surface area contributed by atoms with E-state index in [-0.39, 0.29) is 33.1 Å². The molecule has 0 spiro atoms. The SMILES string of the molecule is CCNC(=O)[C@H](C)N(Cc1ccc(C)cc1)C(=O)CN(c1cc(Cl)ccc1Cl)S(=O)(=O)c1ccc(C)cc1. The molecule has 3 aromatic rings. The standard InChI is InChI=1S/C28H31Cl2N3O4S/c1-5-31-28(35)21(4)32(17-22-10-6-19(2)7-11-22)27(34)18-33(26-16-23(29)12-15-25(26)30)38(36,37)24-13-8-20(3)9-14-24/h6-16,21H,5,17-18H2,1-4H3,(H,31,35)/t21-/m0/s1. The first-order valence-electron chi connectivity index (χ1n) is 12.1. The van der Waals surface area contributed by atoms with Gasteiger partial charge in [0, 0.05) is 18.1 Å². The predicted octanol–water partition coefficient (Wildman–Crippen LogP) is 5.36. The van der Waals surface area contributed by atoms with Gasteiger partial charge in [-0.1, -0.05) is 70.7 Å². The van der Waals surface area contributed by atoms with E-state index >= 15 is 0 Å². The van der Waals surface area contributed by atoms with Gasteiger partial charge >= 0.3 is 0 Å². The Balaban J connectivity index is 2.07. The fourth-order valence-corrected chi connectivity index (χ4v) is 5.68. The molecular weight excluding hydrogens is 545 g/mol. The number of hydrogen-bond donors (Lipinski definition) is 1. The Labute approximate surface area is 234 Å². The maximum atomic E-state index is 13.8. The molecule has 10 heteroatoms. The van der Waals surface area contributed by atoms with Crippen LogP contribution in [0.3, 0.4) is 0 Å². The number of amides is 2. The van der Waals surface area contributed by atoms with Gasteiger partial charge < -0.3 is 10.2 Å². The van der Waals surface area contributed by atoms with Crippen molar-refractivity contribution in [3.8, 4) is 0 Å². The number of anilines is 1. The monoisotopic (exact) mass is 575 g/mol. The lowest BCUT2D eigenvalue weighted by Gasteiger charge is -2.32. The minimum atomic E-state index is -4.23. The number of halogens is 2. The van der Waals surface area contributed by atoms with Gasteiger partial charge in [-0.2, -0.15) is 0 Å². The molecule has 0 saturated heterocycles. The lowest BCUT2D eigenvalue weighted by molar-refractivity contribution is -0.139. The average Bonchev–Trinajstić information content (AvgIpc) is 2.88. The Morgan fingerprint density at radius 2 is 1.50 bits per heavy atom. The zero-order chi connectivity index (χ0) is 28.0. The van der Waals surface area contributed by atoms with Crippen LogP contribution in [0.15, 0.2) is 71.6 Å². The molecule has 202 valence electrons. The molecule has 0 aliphatic carbocycles. The summed E-state index contributed by atoms with van der Waals surface area (Å²) in [5, 5.41) is 3.10. The van der Waals surface area contributed by atoms with Crippen LogP contribution in [-0.4, -0.2) is 44.3 Å². The van der Waals surface area contributed by atoms with Crippen molar-refractivity contribution in [1.82, 2.24) is 10.2 Å². The third-order valence-corrected chi connectivity index (χ3v) is 8.39. The number of nitrogens with one attached hydrogen (secondary N) is 1. The maximum absolute atomic E-state index is 13.8. The summed E-state index contributed by atoms with van der Waals surface area (Å²) in [5.74, 6) is -0.919. The highest BCUT2D eigenvalue weighted by Gasteiger charge is 2.33. The highest BCUT2D eigenvalue weighted by molar-refractivity contribution is 7.92. The summed E-state index contributed by atoms with van der Waals surface area (Å²) in [4.78, 5) is 28.0. The summed E-state index contributed by atoms with van der Waals surface area (Å²) >= 11 is 12.6. The van der Waals surface area contributed by atoms with Crippen molar-refractivity contribution in [2.24, 2.45) is 0 Å². The van der Waals surface area contributed by atoms with Crippen molar-refractivity contribution >= 4 is 50.7 Å². The highest BCUT2D eigenvalue weighted by atomic mass is 35.5. The molecule has 0 aliphatic rings. The van der Waals surface area contributed by atoms with Crippen LogP contribution in [0.4, 0.5) is 5.69 Å². The van der Waals surface area contributed by atoms with Gasteiger partial charge in [0.25, 0.3) is 10.0 Å². The molecule has 38 heavy (non-hydrogen) atoms. The van der Waals surface area contributed by atoms with E-state index in [4.69, 9.17) is 23.2 Å². The Morgan fingerprint density at radius 1 is 0.921 bits per heavy atom. The summed E-state index contributed by atoms with van der Waals surface area (Å²) in [6.45, 7) is 7.10. The number of nitrogens with zero attached hydrogens (tertiary/aromatic N) is 2. The van der Waals surface area contributed by atoms with Gasteiger partial charge in [0.2, 0.25) is 11.8 Å². The first-order valence-corrected chi connectivity index (χ1v) is 14.3. The fraction of sp³-hybridized carbons (Fsp3) is 0.286. The van der Waals surface area contributed by atoms with Crippen molar-refractivity contribution in [1.29, 1.82) is 0 Å². The summed E-state index contributed by atoms with van der Waals surface area (Å²) in [5.41, 5.74) is 2.80. The molecule has 1 atom stereocenters. The van der Waals surface area contributed by atoms with Crippen LogP contribution in [-0.2, 0) is 26.2 Å². The van der Waals surface area contributed by atoms with E-state index in [1.165, 1.54) is 35.2 Å². The lowest BCUT2D eigenvalue weighted by Crippen LogP contribution is -2.51. The molecule has 0 bridgehead atoms. The van der Waals surface area contributed by atoms with Gasteiger partial charge in [-0.15, -0.1) is 0 Å². The van der Waals surface area contributed by atoms with E-state index in [1.807, 2.05) is 38.1 Å². The largest absolute Gasteiger partial charge is 0.355 e. The summed E-state index contributed by atoms with van der Waals surface area (Å²) in [7, 11) is -4.23. The predicted molar refractivity (Wildman–Crippen MR) is 152 cm³/mol. The zero-order valence-corrected chi connectivity index (χ0v) is 24.1. The zero-order valence-electron chi connectivity index (χ0n) is 21.7. The van der Waals surface area contributed by atoms with Gasteiger partial charge in [0.05, 0.1) is 15.6 Å². The molecular formula is C28H31Cl2N3O4S. The van der Waals surface area contributed by atoms with Crippen molar-refractivity contribution in [2.75, 3.05) is 17.4 Å². The molecule has 0 aliphatic heterocycles. The minimum Gasteiger partial charge on any atom is -0.355 e. The normalized spacial score (nSPS) is 12.1. The molecule has 3 aromatic carbocycles. The summed E-state index contributed by atoms with van der Waals surface area (Å²) in [6.07, 6.45) is 0. The third kappa shape index (κ3) is 7.07. The molecule has 0 radical (unpaired) electrons. The molecule has 0 unspecified atom stereocenters. The highest BCUT2D eigenvalue weighted by Crippen LogP contribution is 2.33. The topological polar surface area (TPSA) is 86.8 Å². The second-order valence-corrected chi connectivity index (χ2v) is 11.7. The quantitative estimate of drug-likeness (QED) is 0.352. The van der Waals surface area contributed by atoms with E-state index in [0.717, 1.165) is 21.0 Å². The minimum absolute atomic E-state index is 0.00574. The van der Waals surface area contributed by atoms with Crippen LogP contribution >= 0.6 is 23.2 Å². The van der Waals surface area contributed by atoms with Gasteiger partial charge in [-0.3, -0.25) is 13.9 Å². The lowest BCUT2D eigenvalue weighted by atomic mass is 10.1. The van der Waals surface area contributed by atoms with Crippen molar-refractivity contribution in [3.63, 3.8) is 0 Å². The van der Waals surface area contributed by atoms with Crippen LogP contribution in [0.2, 0.25) is 10.0 Å². The number of rotatable bonds is 10. The van der Waals surface area contributed by atoms with Crippen molar-refractivity contribution in [3.05, 3.63) is 93.5 Å². The van der Waals surface area contributed by atoms with Crippen LogP contribution < -0.4 is 9.62 Å². The Kier molecular flexibility index (Phi) is 9.82. The molecule has 0 saturated carbocycles. The summed E-state index contributed by atoms with van der Waals surface area (Å²) < 4.78 is 28.6. The number of likely N-dealkylation sites (N-methyl/N-ethyl adjacent to an activating group) is 1. The number of benzene rings is 3. The molecule has 0 aromatic heterocycles. The van der Waals surface area contributed by atoms with Crippen LogP contribution in [0.5, 0.6) is 0 Å². The van der Waals surface area contributed by atoms with E-state index in [0.29, 0.717) is 6.54 Å². The molecule has 2 amide bonds. The number of hydrogen-bond acceptors (Lipinski definition) is 4. The second-order valence-electron chi connectivity index (χ2n) is 9.00. The Hall–Kier alpha value is -3.07.